The standard InChI is InChI=1S/C23H17F6N3O4/c1-35-19(34)5-4-18(33)32-7-6-12-8-13(2-3-17(12)32)20-30-21(36-31-20)14-9-15(22(24,25)26)11-16(10-14)23(27,28)29/h2-3,8-11H,4-7H2,1H3. The van der Waals surface area contributed by atoms with Crippen LogP contribution in [0.4, 0.5) is 32.0 Å². The van der Waals surface area contributed by atoms with Crippen molar-refractivity contribution in [2.45, 2.75) is 31.6 Å². The molecule has 1 aliphatic rings. The van der Waals surface area contributed by atoms with Gasteiger partial charge in [-0.05, 0) is 48.4 Å². The number of carbonyl (C=O) groups is 2. The zero-order valence-corrected chi connectivity index (χ0v) is 18.5. The molecule has 2 heterocycles. The molecule has 0 radical (unpaired) electrons. The normalized spacial score (nSPS) is 13.6. The summed E-state index contributed by atoms with van der Waals surface area (Å²) in [5.74, 6) is -1.33. The van der Waals surface area contributed by atoms with Gasteiger partial charge in [0, 0.05) is 29.8 Å². The number of esters is 1. The number of amides is 1. The maximum absolute atomic E-state index is 13.2. The van der Waals surface area contributed by atoms with Crippen LogP contribution in [0.1, 0.15) is 29.5 Å². The second-order valence-electron chi connectivity index (χ2n) is 7.93. The van der Waals surface area contributed by atoms with E-state index in [0.717, 1.165) is 5.56 Å². The lowest BCUT2D eigenvalue weighted by Gasteiger charge is -2.17. The van der Waals surface area contributed by atoms with E-state index in [1.165, 1.54) is 12.0 Å². The molecule has 190 valence electrons. The van der Waals surface area contributed by atoms with Gasteiger partial charge in [0.05, 0.1) is 24.7 Å². The quantitative estimate of drug-likeness (QED) is 0.341. The molecule has 0 spiro atoms. The molecule has 7 nitrogen and oxygen atoms in total. The summed E-state index contributed by atoms with van der Waals surface area (Å²) >= 11 is 0. The van der Waals surface area contributed by atoms with Gasteiger partial charge >= 0.3 is 18.3 Å². The third kappa shape index (κ3) is 5.19. The molecule has 0 fully saturated rings. The highest BCUT2D eigenvalue weighted by atomic mass is 19.4. The van der Waals surface area contributed by atoms with Gasteiger partial charge in [-0.15, -0.1) is 0 Å². The number of hydrogen-bond donors (Lipinski definition) is 0. The molecule has 0 unspecified atom stereocenters. The van der Waals surface area contributed by atoms with Crippen LogP contribution in [0, 0.1) is 0 Å². The molecule has 13 heteroatoms. The molecule has 36 heavy (non-hydrogen) atoms. The first kappa shape index (κ1) is 25.2. The van der Waals surface area contributed by atoms with E-state index >= 15 is 0 Å². The van der Waals surface area contributed by atoms with Crippen LogP contribution in [-0.2, 0) is 33.1 Å². The maximum atomic E-state index is 13.2. The van der Waals surface area contributed by atoms with E-state index in [4.69, 9.17) is 4.52 Å². The lowest BCUT2D eigenvalue weighted by atomic mass is 10.0. The summed E-state index contributed by atoms with van der Waals surface area (Å²) in [6.07, 6.45) is -9.63. The Balaban J connectivity index is 1.60. The van der Waals surface area contributed by atoms with Gasteiger partial charge in [0.2, 0.25) is 11.7 Å². The fourth-order valence-electron chi connectivity index (χ4n) is 3.78. The number of methoxy groups -OCH3 is 1. The topological polar surface area (TPSA) is 85.5 Å². The van der Waals surface area contributed by atoms with Crippen molar-refractivity contribution >= 4 is 17.6 Å². The average molecular weight is 513 g/mol. The zero-order chi connectivity index (χ0) is 26.3. The number of fused-ring (bicyclic) bond motifs is 1. The van der Waals surface area contributed by atoms with E-state index < -0.39 is 40.9 Å². The molecule has 0 saturated carbocycles. The van der Waals surface area contributed by atoms with Crippen LogP contribution in [0.3, 0.4) is 0 Å². The van der Waals surface area contributed by atoms with E-state index in [0.29, 0.717) is 36.3 Å². The Morgan fingerprint density at radius 2 is 1.64 bits per heavy atom. The lowest BCUT2D eigenvalue weighted by Crippen LogP contribution is -2.29. The van der Waals surface area contributed by atoms with Gasteiger partial charge in [0.1, 0.15) is 0 Å². The molecule has 3 aromatic rings. The van der Waals surface area contributed by atoms with E-state index in [-0.39, 0.29) is 30.6 Å². The van der Waals surface area contributed by atoms with Gasteiger partial charge in [-0.2, -0.15) is 31.3 Å². The Bertz CT molecular complexity index is 1280. The van der Waals surface area contributed by atoms with Gasteiger partial charge in [-0.25, -0.2) is 0 Å². The minimum absolute atomic E-state index is 0.0134. The molecule has 0 atom stereocenters. The minimum atomic E-state index is -5.01. The van der Waals surface area contributed by atoms with Gasteiger partial charge in [0.15, 0.2) is 0 Å². The monoisotopic (exact) mass is 513 g/mol. The third-order valence-electron chi connectivity index (χ3n) is 5.57. The molecule has 1 amide bonds. The number of alkyl halides is 6. The fraction of sp³-hybridized carbons (Fsp3) is 0.304. The summed E-state index contributed by atoms with van der Waals surface area (Å²) in [6.45, 7) is 0.376. The van der Waals surface area contributed by atoms with E-state index in [2.05, 4.69) is 14.9 Å². The largest absolute Gasteiger partial charge is 0.469 e. The fourth-order valence-corrected chi connectivity index (χ4v) is 3.78. The second-order valence-corrected chi connectivity index (χ2v) is 7.93. The van der Waals surface area contributed by atoms with Crippen molar-refractivity contribution in [2.24, 2.45) is 0 Å². The molecular weight excluding hydrogens is 496 g/mol. The summed E-state index contributed by atoms with van der Waals surface area (Å²) in [5.41, 5.74) is -1.76. The predicted octanol–water partition coefficient (Wildman–Crippen LogP) is 5.28. The van der Waals surface area contributed by atoms with E-state index in [1.807, 2.05) is 0 Å². The first-order chi connectivity index (χ1) is 16.9. The molecule has 0 saturated heterocycles. The first-order valence-electron chi connectivity index (χ1n) is 10.5. The third-order valence-corrected chi connectivity index (χ3v) is 5.57. The second kappa shape index (κ2) is 9.28. The molecule has 1 aliphatic heterocycles. The number of aromatic nitrogens is 2. The number of nitrogens with zero attached hydrogens (tertiary/aromatic N) is 3. The summed E-state index contributed by atoms with van der Waals surface area (Å²) in [5, 5.41) is 3.70. The summed E-state index contributed by atoms with van der Waals surface area (Å²) in [4.78, 5) is 29.3. The molecular formula is C23H17F6N3O4. The minimum Gasteiger partial charge on any atom is -0.469 e. The first-order valence-corrected chi connectivity index (χ1v) is 10.5. The Hall–Kier alpha value is -3.90. The van der Waals surface area contributed by atoms with Crippen LogP contribution in [-0.4, -0.2) is 35.7 Å². The van der Waals surface area contributed by atoms with Crippen LogP contribution >= 0.6 is 0 Å². The Kier molecular flexibility index (Phi) is 6.50. The highest BCUT2D eigenvalue weighted by Gasteiger charge is 2.37. The van der Waals surface area contributed by atoms with Crippen molar-refractivity contribution in [3.63, 3.8) is 0 Å². The molecule has 0 N–H and O–H groups in total. The number of ether oxygens (including phenoxy) is 1. The molecule has 4 rings (SSSR count). The highest BCUT2D eigenvalue weighted by molar-refractivity contribution is 5.97. The lowest BCUT2D eigenvalue weighted by molar-refractivity contribution is -0.143. The van der Waals surface area contributed by atoms with Gasteiger partial charge in [0.25, 0.3) is 5.89 Å². The number of halogens is 6. The van der Waals surface area contributed by atoms with Gasteiger partial charge < -0.3 is 14.2 Å². The molecule has 2 aromatic carbocycles. The van der Waals surface area contributed by atoms with E-state index in [9.17, 15) is 35.9 Å². The van der Waals surface area contributed by atoms with Crippen LogP contribution < -0.4 is 4.90 Å². The van der Waals surface area contributed by atoms with Crippen molar-refractivity contribution in [2.75, 3.05) is 18.6 Å². The Labute approximate surface area is 199 Å². The van der Waals surface area contributed by atoms with Gasteiger partial charge in [-0.1, -0.05) is 5.16 Å². The van der Waals surface area contributed by atoms with E-state index in [1.54, 1.807) is 18.2 Å². The number of benzene rings is 2. The predicted molar refractivity (Wildman–Crippen MR) is 112 cm³/mol. The molecule has 0 bridgehead atoms. The number of hydrogen-bond acceptors (Lipinski definition) is 6. The smallest absolute Gasteiger partial charge is 0.416 e. The number of carbonyl (C=O) groups excluding carboxylic acids is 2. The van der Waals surface area contributed by atoms with Crippen LogP contribution in [0.25, 0.3) is 22.8 Å². The van der Waals surface area contributed by atoms with Crippen molar-refractivity contribution in [3.05, 3.63) is 53.1 Å². The summed E-state index contributed by atoms with van der Waals surface area (Å²) < 4.78 is 88.5. The van der Waals surface area contributed by atoms with Crippen LogP contribution in [0.2, 0.25) is 0 Å². The summed E-state index contributed by atoms with van der Waals surface area (Å²) in [6, 6.07) is 5.85. The van der Waals surface area contributed by atoms with Crippen molar-refractivity contribution < 1.29 is 45.2 Å². The molecule has 1 aromatic heterocycles. The average Bonchev–Trinajstić information content (AvgIpc) is 3.48. The van der Waals surface area contributed by atoms with Crippen molar-refractivity contribution in [1.82, 2.24) is 10.1 Å². The Morgan fingerprint density at radius 3 is 2.25 bits per heavy atom. The molecule has 0 aliphatic carbocycles. The number of anilines is 1. The van der Waals surface area contributed by atoms with Gasteiger partial charge in [-0.3, -0.25) is 9.59 Å². The maximum Gasteiger partial charge on any atom is 0.416 e. The SMILES string of the molecule is COC(=O)CCC(=O)N1CCc2cc(-c3noc(-c4cc(C(F)(F)F)cc(C(F)(F)F)c4)n3)ccc21. The van der Waals surface area contributed by atoms with Crippen LogP contribution in [0.15, 0.2) is 40.9 Å². The summed E-state index contributed by atoms with van der Waals surface area (Å²) in [7, 11) is 1.23. The highest BCUT2D eigenvalue weighted by Crippen LogP contribution is 2.39. The van der Waals surface area contributed by atoms with Crippen LogP contribution in [0.5, 0.6) is 0 Å². The van der Waals surface area contributed by atoms with Crippen molar-refractivity contribution in [1.29, 1.82) is 0 Å². The number of rotatable bonds is 5. The van der Waals surface area contributed by atoms with Crippen molar-refractivity contribution in [3.8, 4) is 22.8 Å². The zero-order valence-electron chi connectivity index (χ0n) is 18.5. The Morgan fingerprint density at radius 1 is 0.972 bits per heavy atom.